The van der Waals surface area contributed by atoms with Crippen molar-refractivity contribution in [1.82, 2.24) is 9.88 Å². The van der Waals surface area contributed by atoms with E-state index in [-0.39, 0.29) is 0 Å². The topological polar surface area (TPSA) is 16.1 Å². The molecule has 4 heteroatoms. The summed E-state index contributed by atoms with van der Waals surface area (Å²) < 4.78 is 1.20. The second-order valence-corrected chi connectivity index (χ2v) is 5.99. The van der Waals surface area contributed by atoms with E-state index in [9.17, 15) is 0 Å². The Labute approximate surface area is 114 Å². The number of hydrogen-bond acceptors (Lipinski definition) is 3. The van der Waals surface area contributed by atoms with E-state index in [1.54, 1.807) is 11.3 Å². The molecule has 0 radical (unpaired) electrons. The number of rotatable bonds is 4. The van der Waals surface area contributed by atoms with Crippen LogP contribution in [0.3, 0.4) is 0 Å². The van der Waals surface area contributed by atoms with Crippen molar-refractivity contribution < 1.29 is 0 Å². The normalized spacial score (nSPS) is 11.1. The van der Waals surface area contributed by atoms with Crippen molar-refractivity contribution in [3.05, 3.63) is 50.4 Å². The summed E-state index contributed by atoms with van der Waals surface area (Å²) in [6.45, 7) is 3.86. The van der Waals surface area contributed by atoms with E-state index in [0.717, 1.165) is 24.5 Å². The lowest BCUT2D eigenvalue weighted by Crippen LogP contribution is -2.17. The Morgan fingerprint density at radius 2 is 2.12 bits per heavy atom. The van der Waals surface area contributed by atoms with E-state index in [1.165, 1.54) is 9.35 Å². The van der Waals surface area contributed by atoms with Crippen LogP contribution in [0.5, 0.6) is 0 Å². The number of aryl methyl sites for hydroxylation is 1. The second kappa shape index (κ2) is 5.76. The maximum absolute atomic E-state index is 4.51. The van der Waals surface area contributed by atoms with Gasteiger partial charge in [0.1, 0.15) is 0 Å². The van der Waals surface area contributed by atoms with Gasteiger partial charge in [-0.05, 0) is 53.5 Å². The molecule has 0 saturated heterocycles. The van der Waals surface area contributed by atoms with Crippen LogP contribution < -0.4 is 0 Å². The first-order valence-electron chi connectivity index (χ1n) is 5.48. The zero-order valence-electron chi connectivity index (χ0n) is 9.98. The lowest BCUT2D eigenvalue weighted by molar-refractivity contribution is 0.317. The Balaban J connectivity index is 1.98. The van der Waals surface area contributed by atoms with Crippen molar-refractivity contribution in [3.63, 3.8) is 0 Å². The van der Waals surface area contributed by atoms with Crippen molar-refractivity contribution in [2.45, 2.75) is 20.0 Å². The fourth-order valence-corrected chi connectivity index (χ4v) is 3.26. The van der Waals surface area contributed by atoms with E-state index < -0.39 is 0 Å². The largest absolute Gasteiger partial charge is 0.295 e. The van der Waals surface area contributed by atoms with Gasteiger partial charge in [-0.3, -0.25) is 9.88 Å². The van der Waals surface area contributed by atoms with Gasteiger partial charge in [0.15, 0.2) is 0 Å². The predicted molar refractivity (Wildman–Crippen MR) is 76.2 cm³/mol. The van der Waals surface area contributed by atoms with Gasteiger partial charge in [0.05, 0.1) is 5.69 Å². The standard InChI is InChI=1S/C13H15BrN2S/c1-10-4-3-5-11(15-10)8-16(2)9-13-12(14)6-7-17-13/h3-7H,8-9H2,1-2H3. The van der Waals surface area contributed by atoms with Crippen LogP contribution in [0.1, 0.15) is 16.3 Å². The summed E-state index contributed by atoms with van der Waals surface area (Å²) in [5.41, 5.74) is 2.20. The van der Waals surface area contributed by atoms with E-state index in [1.807, 2.05) is 13.0 Å². The average molecular weight is 311 g/mol. The highest BCUT2D eigenvalue weighted by Crippen LogP contribution is 2.24. The molecule has 0 bridgehead atoms. The molecule has 0 N–H and O–H groups in total. The highest BCUT2D eigenvalue weighted by atomic mass is 79.9. The summed E-state index contributed by atoms with van der Waals surface area (Å²) in [6.07, 6.45) is 0. The molecule has 0 saturated carbocycles. The highest BCUT2D eigenvalue weighted by molar-refractivity contribution is 9.10. The van der Waals surface area contributed by atoms with Crippen LogP contribution in [0.15, 0.2) is 34.1 Å². The third-order valence-electron chi connectivity index (χ3n) is 2.48. The van der Waals surface area contributed by atoms with Gasteiger partial charge in [-0.15, -0.1) is 11.3 Å². The maximum Gasteiger partial charge on any atom is 0.0547 e. The van der Waals surface area contributed by atoms with Gasteiger partial charge in [-0.2, -0.15) is 0 Å². The summed E-state index contributed by atoms with van der Waals surface area (Å²) in [5, 5.41) is 2.11. The van der Waals surface area contributed by atoms with Crippen LogP contribution in [0, 0.1) is 6.92 Å². The Morgan fingerprint density at radius 3 is 2.76 bits per heavy atom. The molecule has 2 nitrogen and oxygen atoms in total. The quantitative estimate of drug-likeness (QED) is 0.853. The molecular formula is C13H15BrN2S. The molecule has 2 rings (SSSR count). The minimum atomic E-state index is 0.881. The number of aromatic nitrogens is 1. The van der Waals surface area contributed by atoms with Crippen LogP contribution in [0.4, 0.5) is 0 Å². The molecule has 17 heavy (non-hydrogen) atoms. The molecule has 0 atom stereocenters. The predicted octanol–water partition coefficient (Wildman–Crippen LogP) is 3.85. The maximum atomic E-state index is 4.51. The number of halogens is 1. The van der Waals surface area contributed by atoms with Crippen LogP contribution in [-0.4, -0.2) is 16.9 Å². The van der Waals surface area contributed by atoms with Gasteiger partial charge < -0.3 is 0 Å². The van der Waals surface area contributed by atoms with Gasteiger partial charge in [-0.1, -0.05) is 6.07 Å². The Hall–Kier alpha value is -0.710. The summed E-state index contributed by atoms with van der Waals surface area (Å²) in [5.74, 6) is 0. The van der Waals surface area contributed by atoms with Crippen molar-refractivity contribution in [2.24, 2.45) is 0 Å². The molecule has 0 aliphatic carbocycles. The van der Waals surface area contributed by atoms with Gasteiger partial charge in [0.25, 0.3) is 0 Å². The van der Waals surface area contributed by atoms with Gasteiger partial charge >= 0.3 is 0 Å². The highest BCUT2D eigenvalue weighted by Gasteiger charge is 2.06. The van der Waals surface area contributed by atoms with Crippen molar-refractivity contribution in [1.29, 1.82) is 0 Å². The average Bonchev–Trinajstić information content (AvgIpc) is 2.64. The molecule has 90 valence electrons. The van der Waals surface area contributed by atoms with Crippen LogP contribution in [0.25, 0.3) is 0 Å². The number of nitrogens with zero attached hydrogens (tertiary/aromatic N) is 2. The lowest BCUT2D eigenvalue weighted by Gasteiger charge is -2.15. The molecule has 0 aliphatic rings. The minimum Gasteiger partial charge on any atom is -0.295 e. The third-order valence-corrected chi connectivity index (χ3v) is 4.39. The monoisotopic (exact) mass is 310 g/mol. The minimum absolute atomic E-state index is 0.881. The van der Waals surface area contributed by atoms with Gasteiger partial charge in [0.2, 0.25) is 0 Å². The molecule has 0 amide bonds. The van der Waals surface area contributed by atoms with Crippen LogP contribution in [0.2, 0.25) is 0 Å². The number of thiophene rings is 1. The summed E-state index contributed by atoms with van der Waals surface area (Å²) in [4.78, 5) is 8.15. The van der Waals surface area contributed by atoms with Crippen molar-refractivity contribution in [3.8, 4) is 0 Å². The van der Waals surface area contributed by atoms with Crippen LogP contribution in [-0.2, 0) is 13.1 Å². The Bertz CT molecular complexity index is 496. The molecule has 0 aromatic carbocycles. The molecule has 2 heterocycles. The van der Waals surface area contributed by atoms with E-state index in [2.05, 4.69) is 56.4 Å². The molecule has 0 aliphatic heterocycles. The van der Waals surface area contributed by atoms with Crippen LogP contribution >= 0.6 is 27.3 Å². The first-order chi connectivity index (χ1) is 8.15. The molecule has 2 aromatic heterocycles. The van der Waals surface area contributed by atoms with Crippen molar-refractivity contribution >= 4 is 27.3 Å². The summed E-state index contributed by atoms with van der Waals surface area (Å²) >= 11 is 5.34. The van der Waals surface area contributed by atoms with Gasteiger partial charge in [-0.25, -0.2) is 0 Å². The molecule has 0 spiro atoms. The number of pyridine rings is 1. The van der Waals surface area contributed by atoms with E-state index in [4.69, 9.17) is 0 Å². The SMILES string of the molecule is Cc1cccc(CN(C)Cc2sccc2Br)n1. The Kier molecular flexibility index (Phi) is 4.31. The molecular weight excluding hydrogens is 296 g/mol. The molecule has 0 unspecified atom stereocenters. The zero-order chi connectivity index (χ0) is 12.3. The van der Waals surface area contributed by atoms with Gasteiger partial charge in [0, 0.05) is 28.1 Å². The summed E-state index contributed by atoms with van der Waals surface area (Å²) in [7, 11) is 2.12. The van der Waals surface area contributed by atoms with E-state index >= 15 is 0 Å². The molecule has 2 aromatic rings. The summed E-state index contributed by atoms with van der Waals surface area (Å²) in [6, 6.07) is 8.26. The lowest BCUT2D eigenvalue weighted by atomic mass is 10.3. The fraction of sp³-hybridized carbons (Fsp3) is 0.308. The Morgan fingerprint density at radius 1 is 1.29 bits per heavy atom. The third kappa shape index (κ3) is 3.63. The first-order valence-corrected chi connectivity index (χ1v) is 7.15. The number of hydrogen-bond donors (Lipinski definition) is 0. The molecule has 0 fully saturated rings. The first kappa shape index (κ1) is 12.7. The second-order valence-electron chi connectivity index (χ2n) is 4.13. The zero-order valence-corrected chi connectivity index (χ0v) is 12.4. The van der Waals surface area contributed by atoms with Crippen molar-refractivity contribution in [2.75, 3.05) is 7.05 Å². The smallest absolute Gasteiger partial charge is 0.0547 e. The fourth-order valence-electron chi connectivity index (χ4n) is 1.70. The van der Waals surface area contributed by atoms with E-state index in [0.29, 0.717) is 0 Å².